The Morgan fingerprint density at radius 2 is 2.32 bits per heavy atom. The molecule has 1 aliphatic rings. The van der Waals surface area contributed by atoms with Gasteiger partial charge in [0, 0.05) is 12.1 Å². The number of hydrogen-bond donors (Lipinski definition) is 3. The molecular formula is C12H14N6O. The van der Waals surface area contributed by atoms with Crippen LogP contribution >= 0.6 is 0 Å². The van der Waals surface area contributed by atoms with Crippen LogP contribution in [0.5, 0.6) is 0 Å². The Morgan fingerprint density at radius 3 is 3.11 bits per heavy atom. The quantitative estimate of drug-likeness (QED) is 0.693. The maximum absolute atomic E-state index is 12.1. The van der Waals surface area contributed by atoms with Crippen molar-refractivity contribution in [3.05, 3.63) is 35.7 Å². The lowest BCUT2D eigenvalue weighted by Gasteiger charge is -2.10. The Balaban J connectivity index is 1.50. The number of rotatable bonds is 5. The fraction of sp³-hybridized carbons (Fsp3) is 0.333. The minimum absolute atomic E-state index is 0.139. The molecule has 2 aromatic rings. The zero-order valence-electron chi connectivity index (χ0n) is 10.3. The summed E-state index contributed by atoms with van der Waals surface area (Å²) in [5.74, 6) is 0.690. The number of fused-ring (bicyclic) bond motifs is 1. The number of ketones is 1. The van der Waals surface area contributed by atoms with Crippen molar-refractivity contribution in [2.75, 3.05) is 11.9 Å². The summed E-state index contributed by atoms with van der Waals surface area (Å²) in [6, 6.07) is 7.85. The molecule has 1 atom stereocenters. The smallest absolute Gasteiger partial charge is 0.188 e. The Bertz CT molecular complexity index is 542. The first kappa shape index (κ1) is 11.8. The van der Waals surface area contributed by atoms with E-state index in [-0.39, 0.29) is 11.8 Å². The first-order chi connectivity index (χ1) is 9.33. The third-order valence-corrected chi connectivity index (χ3v) is 3.13. The minimum Gasteiger partial charge on any atom is -0.375 e. The van der Waals surface area contributed by atoms with Crippen molar-refractivity contribution < 1.29 is 4.79 Å². The number of para-hydroxylation sites is 1. The number of carbonyl (C=O) groups is 1. The lowest BCUT2D eigenvalue weighted by atomic mass is 10.1. The summed E-state index contributed by atoms with van der Waals surface area (Å²) >= 11 is 0. The summed E-state index contributed by atoms with van der Waals surface area (Å²) in [7, 11) is 0. The molecule has 7 nitrogen and oxygen atoms in total. The van der Waals surface area contributed by atoms with Crippen molar-refractivity contribution in [3.8, 4) is 0 Å². The van der Waals surface area contributed by atoms with Gasteiger partial charge in [0.2, 0.25) is 0 Å². The third kappa shape index (κ3) is 2.60. The molecule has 0 bridgehead atoms. The molecule has 1 aromatic heterocycles. The number of aromatic amines is 1. The van der Waals surface area contributed by atoms with Crippen LogP contribution in [-0.4, -0.2) is 39.0 Å². The number of nitrogens with one attached hydrogen (secondary N) is 3. The van der Waals surface area contributed by atoms with Crippen LogP contribution in [-0.2, 0) is 17.8 Å². The average molecular weight is 258 g/mol. The summed E-state index contributed by atoms with van der Waals surface area (Å²) < 4.78 is 0. The van der Waals surface area contributed by atoms with Crippen LogP contribution in [0.1, 0.15) is 11.4 Å². The number of hydrogen-bond acceptors (Lipinski definition) is 6. The molecule has 0 aliphatic carbocycles. The number of H-pyrrole nitrogens is 1. The molecule has 0 unspecified atom stereocenters. The topological polar surface area (TPSA) is 95.6 Å². The molecule has 0 amide bonds. The third-order valence-electron chi connectivity index (χ3n) is 3.13. The monoisotopic (exact) mass is 258 g/mol. The highest BCUT2D eigenvalue weighted by Gasteiger charge is 2.25. The Kier molecular flexibility index (Phi) is 3.20. The van der Waals surface area contributed by atoms with E-state index in [1.807, 2.05) is 24.3 Å². The molecule has 0 saturated carbocycles. The van der Waals surface area contributed by atoms with Crippen LogP contribution in [0.25, 0.3) is 0 Å². The normalized spacial score (nSPS) is 16.9. The zero-order chi connectivity index (χ0) is 13.1. The molecule has 19 heavy (non-hydrogen) atoms. The Hall–Kier alpha value is -2.28. The lowest BCUT2D eigenvalue weighted by molar-refractivity contribution is -0.118. The van der Waals surface area contributed by atoms with Gasteiger partial charge in [-0.1, -0.05) is 23.4 Å². The van der Waals surface area contributed by atoms with Crippen LogP contribution in [0.2, 0.25) is 0 Å². The average Bonchev–Trinajstić information content (AvgIpc) is 3.07. The minimum atomic E-state index is -0.143. The summed E-state index contributed by atoms with van der Waals surface area (Å²) in [6.07, 6.45) is 0.749. The van der Waals surface area contributed by atoms with E-state index < -0.39 is 0 Å². The van der Waals surface area contributed by atoms with Crippen LogP contribution in [0.15, 0.2) is 24.3 Å². The summed E-state index contributed by atoms with van der Waals surface area (Å²) in [5, 5.41) is 19.7. The molecule has 0 fully saturated rings. The second kappa shape index (κ2) is 5.15. The maximum atomic E-state index is 12.1. The molecule has 0 radical (unpaired) electrons. The summed E-state index contributed by atoms with van der Waals surface area (Å²) in [5.41, 5.74) is 2.25. The van der Waals surface area contributed by atoms with Gasteiger partial charge in [-0.25, -0.2) is 0 Å². The van der Waals surface area contributed by atoms with E-state index in [1.165, 1.54) is 5.56 Å². The molecule has 0 saturated heterocycles. The number of anilines is 1. The lowest BCUT2D eigenvalue weighted by Crippen LogP contribution is -2.35. The van der Waals surface area contributed by atoms with Crippen LogP contribution in [0, 0.1) is 0 Å². The van der Waals surface area contributed by atoms with E-state index in [2.05, 4.69) is 31.3 Å². The second-order valence-corrected chi connectivity index (χ2v) is 4.46. The maximum Gasteiger partial charge on any atom is 0.188 e. The number of nitrogens with zero attached hydrogens (tertiary/aromatic N) is 3. The molecule has 3 N–H and O–H groups in total. The van der Waals surface area contributed by atoms with Crippen molar-refractivity contribution in [3.63, 3.8) is 0 Å². The van der Waals surface area contributed by atoms with E-state index in [0.717, 1.165) is 12.1 Å². The number of carbonyl (C=O) groups excluding carboxylic acids is 1. The van der Waals surface area contributed by atoms with E-state index in [1.54, 1.807) is 0 Å². The van der Waals surface area contributed by atoms with Gasteiger partial charge in [-0.2, -0.15) is 5.21 Å². The van der Waals surface area contributed by atoms with Gasteiger partial charge in [0.05, 0.1) is 19.1 Å². The van der Waals surface area contributed by atoms with Crippen LogP contribution < -0.4 is 10.6 Å². The van der Waals surface area contributed by atoms with Crippen molar-refractivity contribution >= 4 is 11.5 Å². The first-order valence-electron chi connectivity index (χ1n) is 6.13. The predicted molar refractivity (Wildman–Crippen MR) is 68.4 cm³/mol. The number of Topliss-reactive ketones (excluding diaryl/α,β-unsaturated/α-hetero) is 1. The van der Waals surface area contributed by atoms with E-state index >= 15 is 0 Å². The van der Waals surface area contributed by atoms with Gasteiger partial charge in [0.15, 0.2) is 11.6 Å². The summed E-state index contributed by atoms with van der Waals surface area (Å²) in [6.45, 7) is 0.724. The molecule has 7 heteroatoms. The molecule has 3 rings (SSSR count). The molecule has 0 spiro atoms. The molecule has 1 aliphatic heterocycles. The van der Waals surface area contributed by atoms with E-state index in [9.17, 15) is 4.79 Å². The molecular weight excluding hydrogens is 244 g/mol. The fourth-order valence-corrected chi connectivity index (χ4v) is 2.17. The summed E-state index contributed by atoms with van der Waals surface area (Å²) in [4.78, 5) is 12.1. The van der Waals surface area contributed by atoms with Crippen LogP contribution in [0.3, 0.4) is 0 Å². The molecule has 98 valence electrons. The predicted octanol–water partition coefficient (Wildman–Crippen LogP) is -0.105. The number of tetrazole rings is 1. The standard InChI is InChI=1S/C12H14N6O/c19-11(6-13-7-12-15-17-18-16-12)10-5-8-3-1-2-4-9(8)14-10/h1-4,10,13-14H,5-7H2,(H,15,16,17,18)/t10-/m0/s1. The van der Waals surface area contributed by atoms with Crippen molar-refractivity contribution in [1.29, 1.82) is 0 Å². The van der Waals surface area contributed by atoms with Gasteiger partial charge < -0.3 is 10.6 Å². The van der Waals surface area contributed by atoms with E-state index in [0.29, 0.717) is 18.9 Å². The highest BCUT2D eigenvalue weighted by Crippen LogP contribution is 2.25. The molecule has 2 heterocycles. The Morgan fingerprint density at radius 1 is 1.42 bits per heavy atom. The first-order valence-corrected chi connectivity index (χ1v) is 6.13. The largest absolute Gasteiger partial charge is 0.375 e. The van der Waals surface area contributed by atoms with Crippen molar-refractivity contribution in [1.82, 2.24) is 25.9 Å². The zero-order valence-corrected chi connectivity index (χ0v) is 10.3. The van der Waals surface area contributed by atoms with Gasteiger partial charge >= 0.3 is 0 Å². The highest BCUT2D eigenvalue weighted by molar-refractivity contribution is 5.90. The van der Waals surface area contributed by atoms with Gasteiger partial charge in [-0.15, -0.1) is 10.2 Å². The van der Waals surface area contributed by atoms with Gasteiger partial charge in [-0.3, -0.25) is 4.79 Å². The SMILES string of the molecule is O=C(CNCc1nn[nH]n1)[C@@H]1Cc2ccccc2N1. The van der Waals surface area contributed by atoms with Crippen LogP contribution in [0.4, 0.5) is 5.69 Å². The highest BCUT2D eigenvalue weighted by atomic mass is 16.1. The molecule has 1 aromatic carbocycles. The van der Waals surface area contributed by atoms with Crippen molar-refractivity contribution in [2.45, 2.75) is 19.0 Å². The van der Waals surface area contributed by atoms with Crippen molar-refractivity contribution in [2.24, 2.45) is 0 Å². The fourth-order valence-electron chi connectivity index (χ4n) is 2.17. The van der Waals surface area contributed by atoms with Gasteiger partial charge in [0.1, 0.15) is 0 Å². The second-order valence-electron chi connectivity index (χ2n) is 4.46. The van der Waals surface area contributed by atoms with Gasteiger partial charge in [-0.05, 0) is 11.6 Å². The van der Waals surface area contributed by atoms with E-state index in [4.69, 9.17) is 0 Å². The number of aromatic nitrogens is 4. The number of benzene rings is 1. The Labute approximate surface area is 109 Å². The van der Waals surface area contributed by atoms with Gasteiger partial charge in [0.25, 0.3) is 0 Å².